The number of hydrogen-bond acceptors (Lipinski definition) is 9. The van der Waals surface area contributed by atoms with Crippen molar-refractivity contribution in [2.45, 2.75) is 103 Å². The highest BCUT2D eigenvalue weighted by molar-refractivity contribution is 5.81. The predicted molar refractivity (Wildman–Crippen MR) is 126 cm³/mol. The summed E-state index contributed by atoms with van der Waals surface area (Å²) in [4.78, 5) is 25.9. The number of carbonyl (C=O) groups excluding carboxylic acids is 2. The molecule has 0 aliphatic carbocycles. The van der Waals surface area contributed by atoms with Crippen molar-refractivity contribution in [3.63, 3.8) is 0 Å². The minimum atomic E-state index is -0.916. The third-order valence-corrected chi connectivity index (χ3v) is 6.17. The molecule has 3 unspecified atom stereocenters. The average Bonchev–Trinajstić information content (AvgIpc) is 3.41. The van der Waals surface area contributed by atoms with Gasteiger partial charge in [-0.05, 0) is 45.6 Å². The lowest BCUT2D eigenvalue weighted by Gasteiger charge is -2.30. The van der Waals surface area contributed by atoms with E-state index in [1.165, 1.54) is 0 Å². The molecular weight excluding hydrogens is 470 g/mol. The van der Waals surface area contributed by atoms with Gasteiger partial charge in [0.25, 0.3) is 0 Å². The fraction of sp³-hybridized carbons (Fsp3) is 0.692. The lowest BCUT2D eigenvalue weighted by atomic mass is 10.0. The Morgan fingerprint density at radius 1 is 1.03 bits per heavy atom. The number of benzene rings is 1. The fourth-order valence-corrected chi connectivity index (χ4v) is 4.62. The van der Waals surface area contributed by atoms with Gasteiger partial charge in [-0.1, -0.05) is 44.2 Å². The molecule has 1 aromatic rings. The zero-order valence-electron chi connectivity index (χ0n) is 21.7. The van der Waals surface area contributed by atoms with Gasteiger partial charge in [-0.2, -0.15) is 0 Å². The minimum absolute atomic E-state index is 0.0908. The van der Waals surface area contributed by atoms with E-state index < -0.39 is 60.4 Å². The first-order valence-corrected chi connectivity index (χ1v) is 12.4. The molecular formula is C26H37NO9. The van der Waals surface area contributed by atoms with Gasteiger partial charge < -0.3 is 38.5 Å². The first kappa shape index (κ1) is 26.8. The highest BCUT2D eigenvalue weighted by atomic mass is 16.8. The van der Waals surface area contributed by atoms with E-state index in [2.05, 4.69) is 5.32 Å². The first-order chi connectivity index (χ1) is 16.9. The summed E-state index contributed by atoms with van der Waals surface area (Å²) in [5, 5.41) is 2.66. The standard InChI is InChI=1S/C26H37NO9/c1-15(2)12-17(27-24(29)30-13-16-10-8-7-9-11-16)22(28)32-20-19(18-14-31-25(3,4)34-18)33-23-21(20)35-26(5,6)36-23/h7-11,15,17-21,23H,12-14H2,1-6H3,(H,27,29)/t17-,18-,19-,20?,21?,23?/m0/s1. The maximum atomic E-state index is 13.4. The summed E-state index contributed by atoms with van der Waals surface area (Å²) in [5.74, 6) is -2.18. The second-order valence-corrected chi connectivity index (χ2v) is 10.7. The maximum Gasteiger partial charge on any atom is 0.408 e. The van der Waals surface area contributed by atoms with Crippen molar-refractivity contribution in [1.82, 2.24) is 5.32 Å². The van der Waals surface area contributed by atoms with Crippen LogP contribution in [-0.4, -0.2) is 67.0 Å². The Balaban J connectivity index is 1.44. The second-order valence-electron chi connectivity index (χ2n) is 10.7. The molecule has 1 N–H and O–H groups in total. The molecule has 36 heavy (non-hydrogen) atoms. The average molecular weight is 508 g/mol. The largest absolute Gasteiger partial charge is 0.455 e. The molecule has 10 nitrogen and oxygen atoms in total. The van der Waals surface area contributed by atoms with Gasteiger partial charge in [-0.25, -0.2) is 9.59 Å². The number of carbonyl (C=O) groups is 2. The van der Waals surface area contributed by atoms with Crippen molar-refractivity contribution in [1.29, 1.82) is 0 Å². The molecule has 0 spiro atoms. The van der Waals surface area contributed by atoms with E-state index in [1.807, 2.05) is 58.0 Å². The van der Waals surface area contributed by atoms with Crippen LogP contribution in [0, 0.1) is 5.92 Å². The predicted octanol–water partition coefficient (Wildman–Crippen LogP) is 3.27. The normalized spacial score (nSPS) is 31.1. The van der Waals surface area contributed by atoms with E-state index in [9.17, 15) is 9.59 Å². The summed E-state index contributed by atoms with van der Waals surface area (Å²) in [6.07, 6.45) is -3.66. The van der Waals surface area contributed by atoms with E-state index >= 15 is 0 Å². The van der Waals surface area contributed by atoms with Crippen LogP contribution in [0.1, 0.15) is 53.5 Å². The highest BCUT2D eigenvalue weighted by Gasteiger charge is 2.60. The van der Waals surface area contributed by atoms with Gasteiger partial charge in [0.1, 0.15) is 24.9 Å². The van der Waals surface area contributed by atoms with Crippen LogP contribution < -0.4 is 5.32 Å². The Bertz CT molecular complexity index is 919. The fourth-order valence-electron chi connectivity index (χ4n) is 4.62. The molecule has 3 heterocycles. The monoisotopic (exact) mass is 507 g/mol. The summed E-state index contributed by atoms with van der Waals surface area (Å²) < 4.78 is 41.0. The lowest BCUT2D eigenvalue weighted by Crippen LogP contribution is -2.49. The molecule has 0 bridgehead atoms. The molecule has 6 atom stereocenters. The lowest BCUT2D eigenvalue weighted by molar-refractivity contribution is -0.235. The van der Waals surface area contributed by atoms with Crippen molar-refractivity contribution in [3.05, 3.63) is 35.9 Å². The minimum Gasteiger partial charge on any atom is -0.455 e. The molecule has 200 valence electrons. The Morgan fingerprint density at radius 3 is 2.39 bits per heavy atom. The Labute approximate surface area is 211 Å². The third kappa shape index (κ3) is 6.54. The van der Waals surface area contributed by atoms with Gasteiger partial charge in [0.05, 0.1) is 6.61 Å². The van der Waals surface area contributed by atoms with Crippen molar-refractivity contribution >= 4 is 12.1 Å². The van der Waals surface area contributed by atoms with E-state index in [0.717, 1.165) is 5.56 Å². The first-order valence-electron chi connectivity index (χ1n) is 12.4. The molecule has 3 fully saturated rings. The van der Waals surface area contributed by atoms with Crippen LogP contribution in [0.2, 0.25) is 0 Å². The third-order valence-electron chi connectivity index (χ3n) is 6.17. The summed E-state index contributed by atoms with van der Waals surface area (Å²) in [6, 6.07) is 8.39. The second kappa shape index (κ2) is 10.6. The molecule has 10 heteroatoms. The van der Waals surface area contributed by atoms with Gasteiger partial charge in [-0.15, -0.1) is 0 Å². The summed E-state index contributed by atoms with van der Waals surface area (Å²) in [5.41, 5.74) is 0.843. The van der Waals surface area contributed by atoms with Gasteiger partial charge in [0, 0.05) is 0 Å². The topological polar surface area (TPSA) is 111 Å². The quantitative estimate of drug-likeness (QED) is 0.530. The smallest absolute Gasteiger partial charge is 0.408 e. The summed E-state index contributed by atoms with van der Waals surface area (Å²) in [6.45, 7) is 11.4. The molecule has 0 aromatic heterocycles. The van der Waals surface area contributed by atoms with Crippen molar-refractivity contribution < 1.29 is 42.7 Å². The van der Waals surface area contributed by atoms with Crippen LogP contribution in [0.4, 0.5) is 4.79 Å². The van der Waals surface area contributed by atoms with Crippen LogP contribution in [-0.2, 0) is 44.6 Å². The number of fused-ring (bicyclic) bond motifs is 1. The van der Waals surface area contributed by atoms with Crippen LogP contribution in [0.25, 0.3) is 0 Å². The van der Waals surface area contributed by atoms with Crippen molar-refractivity contribution in [3.8, 4) is 0 Å². The van der Waals surface area contributed by atoms with E-state index in [1.54, 1.807) is 13.8 Å². The zero-order chi connectivity index (χ0) is 26.1. The van der Waals surface area contributed by atoms with E-state index in [0.29, 0.717) is 6.42 Å². The number of amides is 1. The summed E-state index contributed by atoms with van der Waals surface area (Å²) in [7, 11) is 0. The highest BCUT2D eigenvalue weighted by Crippen LogP contribution is 2.42. The molecule has 0 saturated carbocycles. The maximum absolute atomic E-state index is 13.4. The molecule has 3 aliphatic rings. The Hall–Kier alpha value is -2.24. The van der Waals surface area contributed by atoms with Crippen LogP contribution in [0.15, 0.2) is 30.3 Å². The van der Waals surface area contributed by atoms with Crippen molar-refractivity contribution in [2.75, 3.05) is 6.61 Å². The molecule has 4 rings (SSSR count). The SMILES string of the molecule is CC(C)C[C@H](NC(=O)OCc1ccccc1)C(=O)OC1C2OC(C)(C)OC2O[C@H]1[C@@H]1COC(C)(C)O1. The Kier molecular flexibility index (Phi) is 7.92. The van der Waals surface area contributed by atoms with Gasteiger partial charge in [0.2, 0.25) is 0 Å². The van der Waals surface area contributed by atoms with Crippen molar-refractivity contribution in [2.24, 2.45) is 5.92 Å². The molecule has 3 aliphatic heterocycles. The number of rotatable bonds is 8. The number of esters is 1. The van der Waals surface area contributed by atoms with Crippen LogP contribution in [0.5, 0.6) is 0 Å². The zero-order valence-corrected chi connectivity index (χ0v) is 21.7. The van der Waals surface area contributed by atoms with Crippen LogP contribution in [0.3, 0.4) is 0 Å². The van der Waals surface area contributed by atoms with Gasteiger partial charge >= 0.3 is 12.1 Å². The number of hydrogen-bond donors (Lipinski definition) is 1. The van der Waals surface area contributed by atoms with E-state index in [-0.39, 0.29) is 19.1 Å². The number of nitrogens with one attached hydrogen (secondary N) is 1. The molecule has 1 amide bonds. The van der Waals surface area contributed by atoms with Gasteiger partial charge in [0.15, 0.2) is 30.1 Å². The van der Waals surface area contributed by atoms with E-state index in [4.69, 9.17) is 33.2 Å². The van der Waals surface area contributed by atoms with Crippen LogP contribution >= 0.6 is 0 Å². The Morgan fingerprint density at radius 2 is 1.75 bits per heavy atom. The molecule has 0 radical (unpaired) electrons. The number of alkyl carbamates (subject to hydrolysis) is 1. The number of ether oxygens (including phenoxy) is 7. The molecule has 3 saturated heterocycles. The molecule has 1 aromatic carbocycles. The van der Waals surface area contributed by atoms with Gasteiger partial charge in [-0.3, -0.25) is 0 Å². The summed E-state index contributed by atoms with van der Waals surface area (Å²) >= 11 is 0.